The predicted octanol–water partition coefficient (Wildman–Crippen LogP) is 2.79. The van der Waals surface area contributed by atoms with Crippen molar-refractivity contribution in [2.75, 3.05) is 13.2 Å². The number of aliphatic hydroxyl groups is 1. The molecule has 0 radical (unpaired) electrons. The van der Waals surface area contributed by atoms with E-state index in [0.29, 0.717) is 18.3 Å². The van der Waals surface area contributed by atoms with Gasteiger partial charge in [0.05, 0.1) is 5.54 Å². The molecule has 1 aliphatic rings. The molecule has 136 valence electrons. The second-order valence-electron chi connectivity index (χ2n) is 7.04. The van der Waals surface area contributed by atoms with Crippen LogP contribution in [0.15, 0.2) is 22.7 Å². The van der Waals surface area contributed by atoms with Gasteiger partial charge in [0.1, 0.15) is 18.5 Å². The smallest absolute Gasteiger partial charge is 0.223 e. The van der Waals surface area contributed by atoms with Gasteiger partial charge in [-0.05, 0) is 43.9 Å². The van der Waals surface area contributed by atoms with Gasteiger partial charge in [0.2, 0.25) is 5.89 Å². The SMILES string of the molecule is Cc1ccc(C)c(OCC(O)CNC2(c3noc(C)n3)CCCC2)c1. The average molecular weight is 345 g/mol. The summed E-state index contributed by atoms with van der Waals surface area (Å²) in [6.07, 6.45) is 3.55. The number of hydrogen-bond donors (Lipinski definition) is 2. The first-order valence-corrected chi connectivity index (χ1v) is 8.92. The Bertz CT molecular complexity index is 708. The Morgan fingerprint density at radius 3 is 2.72 bits per heavy atom. The van der Waals surface area contributed by atoms with Crippen molar-refractivity contribution in [3.8, 4) is 5.75 Å². The standard InChI is InChI=1S/C19H27N3O3/c1-13-6-7-14(2)17(10-13)24-12-16(23)11-20-19(8-4-5-9-19)18-21-15(3)25-22-18/h6-7,10,16,20,23H,4-5,8-9,11-12H2,1-3H3. The minimum Gasteiger partial charge on any atom is -0.491 e. The Labute approximate surface area is 148 Å². The Morgan fingerprint density at radius 1 is 1.28 bits per heavy atom. The molecule has 3 rings (SSSR count). The number of benzene rings is 1. The van der Waals surface area contributed by atoms with E-state index in [1.54, 1.807) is 6.92 Å². The van der Waals surface area contributed by atoms with E-state index in [4.69, 9.17) is 9.26 Å². The summed E-state index contributed by atoms with van der Waals surface area (Å²) in [5, 5.41) is 17.9. The van der Waals surface area contributed by atoms with Crippen molar-refractivity contribution < 1.29 is 14.4 Å². The molecular formula is C19H27N3O3. The molecule has 6 nitrogen and oxygen atoms in total. The summed E-state index contributed by atoms with van der Waals surface area (Å²) in [6, 6.07) is 6.08. The maximum atomic E-state index is 10.3. The number of aryl methyl sites for hydroxylation is 3. The molecule has 1 fully saturated rings. The lowest BCUT2D eigenvalue weighted by molar-refractivity contribution is 0.0946. The molecule has 1 aliphatic carbocycles. The molecule has 1 unspecified atom stereocenters. The summed E-state index contributed by atoms with van der Waals surface area (Å²) in [5.41, 5.74) is 1.92. The summed E-state index contributed by atoms with van der Waals surface area (Å²) < 4.78 is 10.9. The highest BCUT2D eigenvalue weighted by Crippen LogP contribution is 2.37. The lowest BCUT2D eigenvalue weighted by Crippen LogP contribution is -2.45. The van der Waals surface area contributed by atoms with Crippen LogP contribution < -0.4 is 10.1 Å². The topological polar surface area (TPSA) is 80.4 Å². The maximum Gasteiger partial charge on any atom is 0.223 e. The van der Waals surface area contributed by atoms with Gasteiger partial charge in [-0.3, -0.25) is 0 Å². The molecule has 0 spiro atoms. The molecule has 0 aliphatic heterocycles. The largest absolute Gasteiger partial charge is 0.491 e. The Kier molecular flexibility index (Phi) is 5.39. The zero-order valence-corrected chi connectivity index (χ0v) is 15.2. The molecule has 1 aromatic heterocycles. The first-order valence-electron chi connectivity index (χ1n) is 8.92. The Morgan fingerprint density at radius 2 is 2.04 bits per heavy atom. The molecule has 0 amide bonds. The quantitative estimate of drug-likeness (QED) is 0.803. The fraction of sp³-hybridized carbons (Fsp3) is 0.579. The van der Waals surface area contributed by atoms with Crippen LogP contribution in [0.5, 0.6) is 5.75 Å². The summed E-state index contributed by atoms with van der Waals surface area (Å²) >= 11 is 0. The van der Waals surface area contributed by atoms with E-state index >= 15 is 0 Å². The van der Waals surface area contributed by atoms with E-state index < -0.39 is 6.10 Å². The molecule has 6 heteroatoms. The van der Waals surface area contributed by atoms with Crippen LogP contribution in [0, 0.1) is 20.8 Å². The van der Waals surface area contributed by atoms with E-state index in [2.05, 4.69) is 21.5 Å². The number of ether oxygens (including phenoxy) is 1. The Hall–Kier alpha value is -1.92. The highest BCUT2D eigenvalue weighted by atomic mass is 16.5. The number of hydrogen-bond acceptors (Lipinski definition) is 6. The van der Waals surface area contributed by atoms with Gasteiger partial charge in [-0.15, -0.1) is 0 Å². The first kappa shape index (κ1) is 17.9. The average Bonchev–Trinajstić information content (AvgIpc) is 3.23. The van der Waals surface area contributed by atoms with Gasteiger partial charge in [-0.1, -0.05) is 30.1 Å². The zero-order valence-electron chi connectivity index (χ0n) is 15.2. The molecular weight excluding hydrogens is 318 g/mol. The third kappa shape index (κ3) is 4.19. The fourth-order valence-corrected chi connectivity index (χ4v) is 3.37. The highest BCUT2D eigenvalue weighted by molar-refractivity contribution is 5.35. The molecule has 1 heterocycles. The monoisotopic (exact) mass is 345 g/mol. The maximum absolute atomic E-state index is 10.3. The van der Waals surface area contributed by atoms with Gasteiger partial charge in [0.25, 0.3) is 0 Å². The number of aliphatic hydroxyl groups excluding tert-OH is 1. The molecule has 1 saturated carbocycles. The molecule has 0 bridgehead atoms. The lowest BCUT2D eigenvalue weighted by atomic mass is 9.96. The highest BCUT2D eigenvalue weighted by Gasteiger charge is 2.39. The van der Waals surface area contributed by atoms with Gasteiger partial charge in [-0.2, -0.15) is 4.98 Å². The van der Waals surface area contributed by atoms with Crippen molar-refractivity contribution in [1.82, 2.24) is 15.5 Å². The van der Waals surface area contributed by atoms with Crippen LogP contribution in [0.2, 0.25) is 0 Å². The second kappa shape index (κ2) is 7.54. The summed E-state index contributed by atoms with van der Waals surface area (Å²) in [6.45, 7) is 6.51. The molecule has 0 saturated heterocycles. The van der Waals surface area contributed by atoms with E-state index in [1.807, 2.05) is 26.0 Å². The van der Waals surface area contributed by atoms with Gasteiger partial charge in [0.15, 0.2) is 5.82 Å². The van der Waals surface area contributed by atoms with Crippen LogP contribution in [0.25, 0.3) is 0 Å². The third-order valence-electron chi connectivity index (χ3n) is 4.86. The van der Waals surface area contributed by atoms with Gasteiger partial charge in [-0.25, -0.2) is 0 Å². The van der Waals surface area contributed by atoms with Crippen molar-refractivity contribution in [2.45, 2.75) is 58.1 Å². The van der Waals surface area contributed by atoms with E-state index in [0.717, 1.165) is 42.6 Å². The fourth-order valence-electron chi connectivity index (χ4n) is 3.37. The van der Waals surface area contributed by atoms with Crippen molar-refractivity contribution in [2.24, 2.45) is 0 Å². The zero-order chi connectivity index (χ0) is 17.9. The number of nitrogens with zero attached hydrogens (tertiary/aromatic N) is 2. The number of rotatable bonds is 7. The molecule has 25 heavy (non-hydrogen) atoms. The van der Waals surface area contributed by atoms with Crippen LogP contribution in [-0.2, 0) is 5.54 Å². The van der Waals surface area contributed by atoms with Crippen LogP contribution >= 0.6 is 0 Å². The van der Waals surface area contributed by atoms with Crippen LogP contribution in [0.1, 0.15) is 48.5 Å². The summed E-state index contributed by atoms with van der Waals surface area (Å²) in [4.78, 5) is 4.40. The van der Waals surface area contributed by atoms with E-state index in [-0.39, 0.29) is 12.1 Å². The molecule has 1 aromatic carbocycles. The van der Waals surface area contributed by atoms with Gasteiger partial charge < -0.3 is 19.7 Å². The first-order chi connectivity index (χ1) is 12.0. The van der Waals surface area contributed by atoms with Crippen molar-refractivity contribution in [3.63, 3.8) is 0 Å². The van der Waals surface area contributed by atoms with E-state index in [1.165, 1.54) is 0 Å². The molecule has 2 aromatic rings. The predicted molar refractivity (Wildman–Crippen MR) is 94.6 cm³/mol. The Balaban J connectivity index is 1.57. The van der Waals surface area contributed by atoms with Crippen LogP contribution in [0.4, 0.5) is 0 Å². The van der Waals surface area contributed by atoms with Crippen molar-refractivity contribution in [3.05, 3.63) is 41.0 Å². The summed E-state index contributed by atoms with van der Waals surface area (Å²) in [7, 11) is 0. The normalized spacial score (nSPS) is 17.6. The number of aromatic nitrogens is 2. The summed E-state index contributed by atoms with van der Waals surface area (Å²) in [5.74, 6) is 2.09. The van der Waals surface area contributed by atoms with Gasteiger partial charge >= 0.3 is 0 Å². The van der Waals surface area contributed by atoms with Gasteiger partial charge in [0, 0.05) is 13.5 Å². The lowest BCUT2D eigenvalue weighted by Gasteiger charge is -2.28. The minimum atomic E-state index is -0.606. The van der Waals surface area contributed by atoms with Crippen molar-refractivity contribution in [1.29, 1.82) is 0 Å². The molecule has 2 N–H and O–H groups in total. The third-order valence-corrected chi connectivity index (χ3v) is 4.86. The molecule has 1 atom stereocenters. The van der Waals surface area contributed by atoms with Crippen molar-refractivity contribution >= 4 is 0 Å². The van der Waals surface area contributed by atoms with Crippen LogP contribution in [0.3, 0.4) is 0 Å². The van der Waals surface area contributed by atoms with E-state index in [9.17, 15) is 5.11 Å². The van der Waals surface area contributed by atoms with Crippen LogP contribution in [-0.4, -0.2) is 34.5 Å². The second-order valence-corrected chi connectivity index (χ2v) is 7.04. The minimum absolute atomic E-state index is 0.249. The number of nitrogens with one attached hydrogen (secondary N) is 1.